The van der Waals surface area contributed by atoms with Crippen LogP contribution in [0, 0.1) is 0 Å². The van der Waals surface area contributed by atoms with E-state index in [4.69, 9.17) is 37.4 Å². The summed E-state index contributed by atoms with van der Waals surface area (Å²) in [6, 6.07) is 5.63. The van der Waals surface area contributed by atoms with Crippen LogP contribution in [0.25, 0.3) is 6.08 Å². The van der Waals surface area contributed by atoms with Crippen LogP contribution < -0.4 is 9.47 Å². The van der Waals surface area contributed by atoms with Crippen LogP contribution >= 0.6 is 39.1 Å². The smallest absolute Gasteiger partial charge is 0.330 e. The molecule has 0 bridgehead atoms. The van der Waals surface area contributed by atoms with Crippen LogP contribution in [0.1, 0.15) is 12.5 Å². The van der Waals surface area contributed by atoms with Gasteiger partial charge in [-0.1, -0.05) is 23.2 Å². The second kappa shape index (κ2) is 14.5. The van der Waals surface area contributed by atoms with Crippen LogP contribution in [0.5, 0.6) is 11.5 Å². The molecule has 0 aliphatic carbocycles. The monoisotopic (exact) mass is 674 g/mol. The van der Waals surface area contributed by atoms with Gasteiger partial charge in [0.05, 0.1) is 40.7 Å². The summed E-state index contributed by atoms with van der Waals surface area (Å²) in [5.74, 6) is 0.166. The normalized spacial score (nSPS) is 11.9. The number of hydrogen-bond donors (Lipinski definition) is 0. The Bertz CT molecular complexity index is 1400. The fraction of sp³-hybridized carbons (Fsp3) is 0.348. The Morgan fingerprint density at radius 3 is 1.76 bits per heavy atom. The Morgan fingerprint density at radius 1 is 0.868 bits per heavy atom. The van der Waals surface area contributed by atoms with Gasteiger partial charge in [-0.25, -0.2) is 30.2 Å². The van der Waals surface area contributed by atoms with Crippen LogP contribution in [-0.4, -0.2) is 80.4 Å². The minimum absolute atomic E-state index is 0.0242. The SMILES string of the molecule is CCOC(=O)/C=C/c1cc(OC)c(Cl)cc1S(=O)(=O)N(C)C.COc1cc(Br)c(S(=O)(=O)N(C)C)cc1Cl. The van der Waals surface area contributed by atoms with Gasteiger partial charge in [0.25, 0.3) is 0 Å². The molecule has 0 heterocycles. The van der Waals surface area contributed by atoms with Crippen molar-refractivity contribution in [1.82, 2.24) is 8.61 Å². The Kier molecular flexibility index (Phi) is 13.0. The maximum Gasteiger partial charge on any atom is 0.330 e. The van der Waals surface area contributed by atoms with Gasteiger partial charge in [0.15, 0.2) is 0 Å². The maximum atomic E-state index is 12.4. The summed E-state index contributed by atoms with van der Waals surface area (Å²) < 4.78 is 65.9. The van der Waals surface area contributed by atoms with E-state index in [1.165, 1.54) is 72.8 Å². The van der Waals surface area contributed by atoms with E-state index >= 15 is 0 Å². The molecule has 0 N–H and O–H groups in total. The van der Waals surface area contributed by atoms with Gasteiger partial charge in [-0.2, -0.15) is 0 Å². The Morgan fingerprint density at radius 2 is 1.32 bits per heavy atom. The number of halogens is 3. The van der Waals surface area contributed by atoms with E-state index in [0.717, 1.165) is 14.7 Å². The summed E-state index contributed by atoms with van der Waals surface area (Å²) in [4.78, 5) is 11.5. The molecule has 2 aromatic rings. The average molecular weight is 676 g/mol. The molecule has 0 saturated heterocycles. The van der Waals surface area contributed by atoms with Crippen LogP contribution in [0.4, 0.5) is 0 Å². The van der Waals surface area contributed by atoms with Crippen molar-refractivity contribution >= 4 is 71.2 Å². The number of sulfonamides is 2. The molecule has 0 aromatic heterocycles. The summed E-state index contributed by atoms with van der Waals surface area (Å²) in [5.41, 5.74) is 0.281. The number of carbonyl (C=O) groups is 1. The first-order chi connectivity index (χ1) is 17.5. The van der Waals surface area contributed by atoms with E-state index in [0.29, 0.717) is 16.0 Å². The number of ether oxygens (including phenoxy) is 3. The lowest BCUT2D eigenvalue weighted by atomic mass is 10.2. The average Bonchev–Trinajstić information content (AvgIpc) is 2.84. The van der Waals surface area contributed by atoms with Crippen LogP contribution in [-0.2, 0) is 29.6 Å². The predicted molar refractivity (Wildman–Crippen MR) is 151 cm³/mol. The van der Waals surface area contributed by atoms with Crippen molar-refractivity contribution in [3.8, 4) is 11.5 Å². The lowest BCUT2D eigenvalue weighted by molar-refractivity contribution is -0.137. The summed E-state index contributed by atoms with van der Waals surface area (Å²) in [6.45, 7) is 1.91. The molecule has 0 saturated carbocycles. The lowest BCUT2D eigenvalue weighted by Crippen LogP contribution is -2.23. The van der Waals surface area contributed by atoms with Gasteiger partial charge < -0.3 is 14.2 Å². The van der Waals surface area contributed by atoms with Crippen molar-refractivity contribution in [2.75, 3.05) is 49.0 Å². The first-order valence-electron chi connectivity index (χ1n) is 10.6. The van der Waals surface area contributed by atoms with Gasteiger partial charge >= 0.3 is 5.97 Å². The highest BCUT2D eigenvalue weighted by Gasteiger charge is 2.23. The van der Waals surface area contributed by atoms with Crippen LogP contribution in [0.3, 0.4) is 0 Å². The number of hydrogen-bond acceptors (Lipinski definition) is 8. The van der Waals surface area contributed by atoms with Crippen molar-refractivity contribution in [3.05, 3.63) is 50.4 Å². The van der Waals surface area contributed by atoms with Crippen LogP contribution in [0.2, 0.25) is 10.0 Å². The Hall–Kier alpha value is -1.87. The minimum Gasteiger partial charge on any atom is -0.495 e. The van der Waals surface area contributed by atoms with Crippen molar-refractivity contribution in [1.29, 1.82) is 0 Å². The molecule has 15 heteroatoms. The molecule has 0 aliphatic rings. The fourth-order valence-electron chi connectivity index (χ4n) is 2.67. The third-order valence-corrected chi connectivity index (χ3v) is 9.93. The van der Waals surface area contributed by atoms with Gasteiger partial charge in [-0.15, -0.1) is 0 Å². The highest BCUT2D eigenvalue weighted by Crippen LogP contribution is 2.34. The summed E-state index contributed by atoms with van der Waals surface area (Å²) in [7, 11) is 1.38. The van der Waals surface area contributed by atoms with E-state index in [1.807, 2.05) is 0 Å². The second-order valence-electron chi connectivity index (χ2n) is 7.60. The molecule has 0 amide bonds. The highest BCUT2D eigenvalue weighted by molar-refractivity contribution is 9.10. The van der Waals surface area contributed by atoms with E-state index in [9.17, 15) is 21.6 Å². The third-order valence-electron chi connectivity index (χ3n) is 4.69. The van der Waals surface area contributed by atoms with Gasteiger partial charge in [0.2, 0.25) is 20.0 Å². The summed E-state index contributed by atoms with van der Waals surface area (Å²) in [5, 5.41) is 0.419. The predicted octanol–water partition coefficient (Wildman–Crippen LogP) is 4.54. The molecule has 0 fully saturated rings. The molecule has 10 nitrogen and oxygen atoms in total. The number of esters is 1. The van der Waals surface area contributed by atoms with E-state index in [-0.39, 0.29) is 32.0 Å². The Labute approximate surface area is 242 Å². The molecule has 0 spiro atoms. The van der Waals surface area contributed by atoms with E-state index < -0.39 is 26.0 Å². The van der Waals surface area contributed by atoms with Crippen molar-refractivity contribution in [2.45, 2.75) is 16.7 Å². The molecule has 0 aliphatic heterocycles. The molecule has 0 radical (unpaired) electrons. The highest BCUT2D eigenvalue weighted by atomic mass is 79.9. The lowest BCUT2D eigenvalue weighted by Gasteiger charge is -2.15. The quantitative estimate of drug-likeness (QED) is 0.281. The standard InChI is InChI=1S/C14H18ClNO5S.C9H11BrClNO3S/c1-5-21-14(17)7-6-10-8-12(20-4)11(15)9-13(10)22(18,19)16(2)3;1-12(2)16(13,14)9-5-7(11)8(15-3)4-6(9)10/h6-9H,5H2,1-4H3;4-5H,1-3H3/b7-6+;. The first-order valence-corrected chi connectivity index (χ1v) is 15.1. The summed E-state index contributed by atoms with van der Waals surface area (Å²) >= 11 is 15.1. The van der Waals surface area contributed by atoms with Gasteiger partial charge in [0, 0.05) is 38.7 Å². The van der Waals surface area contributed by atoms with E-state index in [1.54, 1.807) is 6.92 Å². The molecule has 2 rings (SSSR count). The topological polar surface area (TPSA) is 120 Å². The van der Waals surface area contributed by atoms with Crippen molar-refractivity contribution in [3.63, 3.8) is 0 Å². The maximum absolute atomic E-state index is 12.4. The molecular weight excluding hydrogens is 647 g/mol. The van der Waals surface area contributed by atoms with Gasteiger partial charge in [-0.3, -0.25) is 0 Å². The zero-order valence-corrected chi connectivity index (χ0v) is 26.5. The van der Waals surface area contributed by atoms with Crippen molar-refractivity contribution < 1.29 is 35.8 Å². The van der Waals surface area contributed by atoms with E-state index in [2.05, 4.69) is 15.9 Å². The molecule has 2 aromatic carbocycles. The molecule has 0 atom stereocenters. The van der Waals surface area contributed by atoms with Crippen molar-refractivity contribution in [2.24, 2.45) is 0 Å². The second-order valence-corrected chi connectivity index (χ2v) is 13.5. The number of benzene rings is 2. The van der Waals surface area contributed by atoms with Crippen LogP contribution in [0.15, 0.2) is 44.6 Å². The number of rotatable bonds is 9. The zero-order chi connectivity index (χ0) is 29.4. The molecule has 38 heavy (non-hydrogen) atoms. The van der Waals surface area contributed by atoms with Gasteiger partial charge in [-0.05, 0) is 58.8 Å². The molecule has 0 unspecified atom stereocenters. The molecule has 212 valence electrons. The number of methoxy groups -OCH3 is 2. The Balaban J connectivity index is 0.000000399. The minimum atomic E-state index is -3.73. The molecular formula is C23H29BrCl2N2O8S2. The van der Waals surface area contributed by atoms with Gasteiger partial charge in [0.1, 0.15) is 11.5 Å². The third kappa shape index (κ3) is 8.57. The summed E-state index contributed by atoms with van der Waals surface area (Å²) in [6.07, 6.45) is 2.51. The number of carbonyl (C=O) groups excluding carboxylic acids is 1. The zero-order valence-electron chi connectivity index (χ0n) is 21.8. The largest absolute Gasteiger partial charge is 0.495 e. The number of nitrogens with zero attached hydrogens (tertiary/aromatic N) is 2. The first kappa shape index (κ1) is 34.2. The fourth-order valence-corrected chi connectivity index (χ4v) is 6.26.